The van der Waals surface area contributed by atoms with E-state index in [1.807, 2.05) is 0 Å². The van der Waals surface area contributed by atoms with Gasteiger partial charge in [-0.3, -0.25) is 9.44 Å². The first-order chi connectivity index (χ1) is 18.8. The zero-order valence-corrected chi connectivity index (χ0v) is 25.4. The molecule has 0 aromatic heterocycles. The second-order valence-corrected chi connectivity index (χ2v) is 13.2. The van der Waals surface area contributed by atoms with Gasteiger partial charge >= 0.3 is 0 Å². The van der Waals surface area contributed by atoms with Gasteiger partial charge in [0, 0.05) is 10.0 Å². The van der Waals surface area contributed by atoms with Crippen molar-refractivity contribution in [1.29, 1.82) is 0 Å². The Labute approximate surface area is 251 Å². The lowest BCUT2D eigenvalue weighted by molar-refractivity contribution is 0.416. The third-order valence-corrected chi connectivity index (χ3v) is 9.75. The van der Waals surface area contributed by atoms with Crippen LogP contribution in [0.15, 0.2) is 82.6 Å². The van der Waals surface area contributed by atoms with E-state index in [4.69, 9.17) is 55.9 Å². The van der Waals surface area contributed by atoms with E-state index >= 15 is 0 Å². The van der Waals surface area contributed by atoms with Gasteiger partial charge in [-0.05, 0) is 71.8 Å². The molecule has 0 fully saturated rings. The molecule has 4 rings (SSSR count). The third kappa shape index (κ3) is 6.54. The molecular weight excluding hydrogens is 642 g/mol. The molecular formula is C26H20Cl4N2O6S2. The van der Waals surface area contributed by atoms with E-state index in [1.54, 1.807) is 24.3 Å². The maximum Gasteiger partial charge on any atom is 0.263 e. The summed E-state index contributed by atoms with van der Waals surface area (Å²) in [6, 6.07) is 17.8. The van der Waals surface area contributed by atoms with Crippen LogP contribution in [0.3, 0.4) is 0 Å². The molecule has 40 heavy (non-hydrogen) atoms. The Bertz CT molecular complexity index is 1680. The standard InChI is InChI=1S/C26H20Cl4N2O6S2/c1-37-23-11-15(3-9-21(23)31-39(33,34)25-13-17(27)5-7-19(25)29)16-4-10-22(24(12-16)38-2)32-40(35,36)26-14-18(28)6-8-20(26)30/h3-14,31-32H,1-2H3. The summed E-state index contributed by atoms with van der Waals surface area (Å²) in [5, 5.41) is 0.436. The van der Waals surface area contributed by atoms with Crippen LogP contribution in [-0.4, -0.2) is 31.1 Å². The number of anilines is 2. The smallest absolute Gasteiger partial charge is 0.263 e. The minimum atomic E-state index is -4.09. The molecule has 0 bridgehead atoms. The average Bonchev–Trinajstić information content (AvgIpc) is 2.91. The SMILES string of the molecule is COc1cc(-c2ccc(NS(=O)(=O)c3cc(Cl)ccc3Cl)c(OC)c2)ccc1NS(=O)(=O)c1cc(Cl)ccc1Cl. The van der Waals surface area contributed by atoms with Gasteiger partial charge in [0.05, 0.1) is 35.6 Å². The minimum Gasteiger partial charge on any atom is -0.495 e. The highest BCUT2D eigenvalue weighted by Gasteiger charge is 2.22. The highest BCUT2D eigenvalue weighted by Crippen LogP contribution is 2.37. The van der Waals surface area contributed by atoms with E-state index in [-0.39, 0.29) is 52.8 Å². The summed E-state index contributed by atoms with van der Waals surface area (Å²) in [6.07, 6.45) is 0. The summed E-state index contributed by atoms with van der Waals surface area (Å²) in [6.45, 7) is 0. The number of sulfonamides is 2. The summed E-state index contributed by atoms with van der Waals surface area (Å²) in [5.41, 5.74) is 1.59. The topological polar surface area (TPSA) is 111 Å². The first-order valence-electron chi connectivity index (χ1n) is 11.2. The molecule has 0 aliphatic carbocycles. The van der Waals surface area contributed by atoms with Gasteiger partial charge < -0.3 is 9.47 Å². The Hall–Kier alpha value is -2.86. The molecule has 14 heteroatoms. The first kappa shape index (κ1) is 30.1. The van der Waals surface area contributed by atoms with Crippen LogP contribution >= 0.6 is 46.4 Å². The van der Waals surface area contributed by atoms with Crippen LogP contribution in [0.2, 0.25) is 20.1 Å². The minimum absolute atomic E-state index is 0.00734. The Morgan fingerprint density at radius 3 is 1.27 bits per heavy atom. The normalized spacial score (nSPS) is 11.7. The number of nitrogens with one attached hydrogen (secondary N) is 2. The van der Waals surface area contributed by atoms with Crippen molar-refractivity contribution in [2.75, 3.05) is 23.7 Å². The van der Waals surface area contributed by atoms with Crippen molar-refractivity contribution in [1.82, 2.24) is 0 Å². The van der Waals surface area contributed by atoms with Crippen molar-refractivity contribution in [3.8, 4) is 22.6 Å². The fraction of sp³-hybridized carbons (Fsp3) is 0.0769. The lowest BCUT2D eigenvalue weighted by atomic mass is 10.0. The lowest BCUT2D eigenvalue weighted by Gasteiger charge is -2.16. The lowest BCUT2D eigenvalue weighted by Crippen LogP contribution is -2.14. The molecule has 4 aromatic rings. The number of hydrogen-bond donors (Lipinski definition) is 2. The van der Waals surface area contributed by atoms with Gasteiger partial charge in [-0.15, -0.1) is 0 Å². The van der Waals surface area contributed by atoms with Gasteiger partial charge in [0.15, 0.2) is 0 Å². The van der Waals surface area contributed by atoms with Crippen molar-refractivity contribution in [2.45, 2.75) is 9.79 Å². The Morgan fingerprint density at radius 1 is 0.550 bits per heavy atom. The maximum absolute atomic E-state index is 13.0. The van der Waals surface area contributed by atoms with Crippen molar-refractivity contribution in [3.63, 3.8) is 0 Å². The molecule has 210 valence electrons. The predicted molar refractivity (Wildman–Crippen MR) is 160 cm³/mol. The fourth-order valence-corrected chi connectivity index (χ4v) is 7.34. The summed E-state index contributed by atoms with van der Waals surface area (Å²) < 4.78 is 67.7. The molecule has 0 aliphatic rings. The van der Waals surface area contributed by atoms with E-state index in [1.165, 1.54) is 62.8 Å². The van der Waals surface area contributed by atoms with Gasteiger partial charge in [0.2, 0.25) is 0 Å². The first-order valence-corrected chi connectivity index (χ1v) is 15.6. The van der Waals surface area contributed by atoms with E-state index in [9.17, 15) is 16.8 Å². The molecule has 0 heterocycles. The second kappa shape index (κ2) is 11.9. The van der Waals surface area contributed by atoms with E-state index < -0.39 is 20.0 Å². The maximum atomic E-state index is 13.0. The van der Waals surface area contributed by atoms with Gasteiger partial charge in [-0.1, -0.05) is 58.5 Å². The Balaban J connectivity index is 1.65. The molecule has 0 spiro atoms. The molecule has 0 unspecified atom stereocenters. The Kier molecular flexibility index (Phi) is 8.99. The molecule has 8 nitrogen and oxygen atoms in total. The Morgan fingerprint density at radius 2 is 0.925 bits per heavy atom. The number of ether oxygens (including phenoxy) is 2. The molecule has 4 aromatic carbocycles. The third-order valence-electron chi connectivity index (χ3n) is 5.59. The van der Waals surface area contributed by atoms with Gasteiger partial charge in [0.25, 0.3) is 20.0 Å². The highest BCUT2D eigenvalue weighted by atomic mass is 35.5. The number of rotatable bonds is 9. The molecule has 0 saturated heterocycles. The number of methoxy groups -OCH3 is 2. The second-order valence-electron chi connectivity index (χ2n) is 8.19. The number of halogens is 4. The van der Waals surface area contributed by atoms with Crippen LogP contribution in [-0.2, 0) is 20.0 Å². The van der Waals surface area contributed by atoms with Crippen molar-refractivity contribution in [3.05, 3.63) is 92.9 Å². The average molecular weight is 662 g/mol. The van der Waals surface area contributed by atoms with Gasteiger partial charge in [-0.25, -0.2) is 16.8 Å². The molecule has 0 saturated carbocycles. The van der Waals surface area contributed by atoms with E-state index in [0.717, 1.165) is 0 Å². The molecule has 0 aliphatic heterocycles. The van der Waals surface area contributed by atoms with E-state index in [0.29, 0.717) is 11.1 Å². The van der Waals surface area contributed by atoms with Crippen LogP contribution in [0.1, 0.15) is 0 Å². The quantitative estimate of drug-likeness (QED) is 0.191. The molecule has 2 N–H and O–H groups in total. The van der Waals surface area contributed by atoms with Gasteiger partial charge in [-0.2, -0.15) is 0 Å². The molecule has 0 radical (unpaired) electrons. The fourth-order valence-electron chi connectivity index (χ4n) is 3.68. The van der Waals surface area contributed by atoms with Crippen LogP contribution in [0.4, 0.5) is 11.4 Å². The van der Waals surface area contributed by atoms with Crippen LogP contribution in [0, 0.1) is 0 Å². The van der Waals surface area contributed by atoms with Gasteiger partial charge in [0.1, 0.15) is 21.3 Å². The van der Waals surface area contributed by atoms with Crippen LogP contribution in [0.25, 0.3) is 11.1 Å². The number of benzene rings is 4. The predicted octanol–water partition coefficient (Wildman–Crippen LogP) is 7.59. The summed E-state index contributed by atoms with van der Waals surface area (Å²) in [5.74, 6) is 0.442. The van der Waals surface area contributed by atoms with Crippen LogP contribution in [0.5, 0.6) is 11.5 Å². The summed E-state index contributed by atoms with van der Waals surface area (Å²) >= 11 is 24.1. The number of hydrogen-bond acceptors (Lipinski definition) is 6. The van der Waals surface area contributed by atoms with Crippen molar-refractivity contribution >= 4 is 77.8 Å². The van der Waals surface area contributed by atoms with Crippen molar-refractivity contribution in [2.24, 2.45) is 0 Å². The monoisotopic (exact) mass is 660 g/mol. The molecule has 0 amide bonds. The summed E-state index contributed by atoms with van der Waals surface area (Å²) in [4.78, 5) is -0.371. The summed E-state index contributed by atoms with van der Waals surface area (Å²) in [7, 11) is -5.39. The van der Waals surface area contributed by atoms with Crippen LogP contribution < -0.4 is 18.9 Å². The zero-order chi connectivity index (χ0) is 29.2. The highest BCUT2D eigenvalue weighted by molar-refractivity contribution is 7.93. The zero-order valence-electron chi connectivity index (χ0n) is 20.7. The van der Waals surface area contributed by atoms with Crippen molar-refractivity contribution < 1.29 is 26.3 Å². The van der Waals surface area contributed by atoms with E-state index in [2.05, 4.69) is 9.44 Å². The molecule has 0 atom stereocenters. The largest absolute Gasteiger partial charge is 0.495 e.